The van der Waals surface area contributed by atoms with Gasteiger partial charge in [0.2, 0.25) is 11.8 Å². The molecule has 1 aromatic heterocycles. The Hall–Kier alpha value is -2.11. The minimum Gasteiger partial charge on any atom is -0.384 e. The van der Waals surface area contributed by atoms with E-state index in [0.29, 0.717) is 11.6 Å². The van der Waals surface area contributed by atoms with Gasteiger partial charge in [-0.05, 0) is 12.1 Å². The average Bonchev–Trinajstić information content (AvgIpc) is 2.60. The van der Waals surface area contributed by atoms with Gasteiger partial charge in [-0.3, -0.25) is 14.5 Å². The topological polar surface area (TPSA) is 102 Å². The van der Waals surface area contributed by atoms with Gasteiger partial charge in [-0.2, -0.15) is 0 Å². The van der Waals surface area contributed by atoms with E-state index in [9.17, 15) is 9.59 Å². The summed E-state index contributed by atoms with van der Waals surface area (Å²) in [6.45, 7) is 0.282. The molecule has 4 N–H and O–H groups in total. The molecular formula is C10H12N4O2. The van der Waals surface area contributed by atoms with E-state index in [2.05, 4.69) is 4.98 Å². The first-order chi connectivity index (χ1) is 7.58. The van der Waals surface area contributed by atoms with Crippen LogP contribution in [0.1, 0.15) is 6.42 Å². The van der Waals surface area contributed by atoms with Gasteiger partial charge in [0.25, 0.3) is 0 Å². The fraction of sp³-hybridized carbons (Fsp3) is 0.300. The van der Waals surface area contributed by atoms with Crippen LogP contribution >= 0.6 is 0 Å². The maximum atomic E-state index is 11.6. The molecule has 0 aliphatic carbocycles. The summed E-state index contributed by atoms with van der Waals surface area (Å²) in [5.41, 5.74) is 10.7. The van der Waals surface area contributed by atoms with Crippen LogP contribution in [-0.2, 0) is 9.59 Å². The lowest BCUT2D eigenvalue weighted by atomic mass is 10.1. The first-order valence-corrected chi connectivity index (χ1v) is 4.90. The van der Waals surface area contributed by atoms with E-state index in [0.717, 1.165) is 0 Å². The number of amides is 2. The number of rotatable bonds is 2. The highest BCUT2D eigenvalue weighted by atomic mass is 16.2. The van der Waals surface area contributed by atoms with Gasteiger partial charge in [-0.25, -0.2) is 4.98 Å². The lowest BCUT2D eigenvalue weighted by Crippen LogP contribution is -2.29. The Bertz CT molecular complexity index is 446. The molecule has 1 unspecified atom stereocenters. The van der Waals surface area contributed by atoms with Gasteiger partial charge in [0.05, 0.1) is 5.92 Å². The van der Waals surface area contributed by atoms with Crippen molar-refractivity contribution in [1.29, 1.82) is 0 Å². The molecule has 0 aromatic carbocycles. The molecule has 0 bridgehead atoms. The summed E-state index contributed by atoms with van der Waals surface area (Å²) in [5.74, 6) is -0.237. The van der Waals surface area contributed by atoms with Gasteiger partial charge in [0.15, 0.2) is 0 Å². The quantitative estimate of drug-likeness (QED) is 0.701. The molecule has 2 rings (SSSR count). The van der Waals surface area contributed by atoms with Crippen LogP contribution in [0.2, 0.25) is 0 Å². The van der Waals surface area contributed by atoms with E-state index in [1.807, 2.05) is 0 Å². The molecule has 84 valence electrons. The lowest BCUT2D eigenvalue weighted by Gasteiger charge is -2.14. The van der Waals surface area contributed by atoms with Gasteiger partial charge in [-0.1, -0.05) is 6.07 Å². The number of carbonyl (C=O) groups is 2. The number of aromatic nitrogens is 1. The van der Waals surface area contributed by atoms with Crippen LogP contribution < -0.4 is 16.4 Å². The summed E-state index contributed by atoms with van der Waals surface area (Å²) >= 11 is 0. The summed E-state index contributed by atoms with van der Waals surface area (Å²) in [5, 5.41) is 0. The van der Waals surface area contributed by atoms with Gasteiger partial charge in [0.1, 0.15) is 11.6 Å². The van der Waals surface area contributed by atoms with Crippen LogP contribution in [0.3, 0.4) is 0 Å². The number of pyridine rings is 1. The van der Waals surface area contributed by atoms with Crippen molar-refractivity contribution in [2.75, 3.05) is 17.2 Å². The number of carbonyl (C=O) groups excluding carboxylic acids is 2. The van der Waals surface area contributed by atoms with Crippen LogP contribution in [0.15, 0.2) is 18.2 Å². The summed E-state index contributed by atoms with van der Waals surface area (Å²) in [6, 6.07) is 5.02. The summed E-state index contributed by atoms with van der Waals surface area (Å²) in [4.78, 5) is 28.1. The predicted octanol–water partition coefficient (Wildman–Crippen LogP) is -0.498. The molecule has 6 nitrogen and oxygen atoms in total. The van der Waals surface area contributed by atoms with E-state index in [1.165, 1.54) is 4.90 Å². The molecule has 1 aliphatic rings. The normalized spacial score (nSPS) is 20.1. The highest BCUT2D eigenvalue weighted by molar-refractivity contribution is 5.99. The zero-order chi connectivity index (χ0) is 11.7. The summed E-state index contributed by atoms with van der Waals surface area (Å²) in [7, 11) is 0. The Kier molecular flexibility index (Phi) is 2.47. The molecule has 1 fully saturated rings. The van der Waals surface area contributed by atoms with Crippen LogP contribution in [0.25, 0.3) is 0 Å². The maximum absolute atomic E-state index is 11.6. The minimum atomic E-state index is -0.459. The van der Waals surface area contributed by atoms with Crippen LogP contribution in [0, 0.1) is 5.92 Å². The second kappa shape index (κ2) is 3.80. The minimum absolute atomic E-state index is 0.145. The number of nitrogens with two attached hydrogens (primary N) is 2. The highest BCUT2D eigenvalue weighted by Gasteiger charge is 2.34. The third-order valence-corrected chi connectivity index (χ3v) is 2.56. The average molecular weight is 220 g/mol. The molecule has 1 aromatic rings. The third kappa shape index (κ3) is 1.81. The Morgan fingerprint density at radius 3 is 2.81 bits per heavy atom. The smallest absolute Gasteiger partial charge is 0.229 e. The lowest BCUT2D eigenvalue weighted by molar-refractivity contribution is -0.123. The van der Waals surface area contributed by atoms with Gasteiger partial charge < -0.3 is 11.5 Å². The number of primary amides is 1. The van der Waals surface area contributed by atoms with E-state index < -0.39 is 11.8 Å². The van der Waals surface area contributed by atoms with Crippen molar-refractivity contribution in [3.63, 3.8) is 0 Å². The Labute approximate surface area is 92.2 Å². The Balaban J connectivity index is 2.23. The number of hydrogen-bond donors (Lipinski definition) is 2. The summed E-state index contributed by atoms with van der Waals surface area (Å²) in [6.07, 6.45) is 0.145. The molecule has 0 radical (unpaired) electrons. The van der Waals surface area contributed by atoms with Crippen LogP contribution in [0.5, 0.6) is 0 Å². The van der Waals surface area contributed by atoms with E-state index >= 15 is 0 Å². The van der Waals surface area contributed by atoms with Crippen molar-refractivity contribution < 1.29 is 9.59 Å². The van der Waals surface area contributed by atoms with E-state index in [4.69, 9.17) is 11.5 Å². The molecule has 6 heteroatoms. The van der Waals surface area contributed by atoms with Crippen molar-refractivity contribution in [2.45, 2.75) is 6.42 Å². The number of anilines is 2. The molecule has 1 aliphatic heterocycles. The molecule has 1 atom stereocenters. The van der Waals surface area contributed by atoms with Gasteiger partial charge >= 0.3 is 0 Å². The Morgan fingerprint density at radius 2 is 2.25 bits per heavy atom. The standard InChI is InChI=1S/C10H12N4O2/c11-7-2-1-3-8(13-7)14-5-6(10(12)16)4-9(14)15/h1-3,6H,4-5H2,(H2,11,13)(H2,12,16). The zero-order valence-electron chi connectivity index (χ0n) is 8.59. The number of nitrogens with zero attached hydrogens (tertiary/aromatic N) is 2. The van der Waals surface area contributed by atoms with Crippen molar-refractivity contribution in [3.05, 3.63) is 18.2 Å². The third-order valence-electron chi connectivity index (χ3n) is 2.56. The van der Waals surface area contributed by atoms with Crippen molar-refractivity contribution in [1.82, 2.24) is 4.98 Å². The van der Waals surface area contributed by atoms with Crippen LogP contribution in [0.4, 0.5) is 11.6 Å². The highest BCUT2D eigenvalue weighted by Crippen LogP contribution is 2.23. The molecule has 0 saturated carbocycles. The number of hydrogen-bond acceptors (Lipinski definition) is 4. The first-order valence-electron chi connectivity index (χ1n) is 4.90. The molecule has 2 heterocycles. The van der Waals surface area contributed by atoms with E-state index in [-0.39, 0.29) is 18.9 Å². The van der Waals surface area contributed by atoms with Crippen LogP contribution in [-0.4, -0.2) is 23.3 Å². The molecule has 16 heavy (non-hydrogen) atoms. The summed E-state index contributed by atoms with van der Waals surface area (Å²) < 4.78 is 0. The first kappa shape index (κ1) is 10.4. The second-order valence-electron chi connectivity index (χ2n) is 3.73. The zero-order valence-corrected chi connectivity index (χ0v) is 8.59. The van der Waals surface area contributed by atoms with Crippen molar-refractivity contribution in [2.24, 2.45) is 11.7 Å². The fourth-order valence-corrected chi connectivity index (χ4v) is 1.71. The predicted molar refractivity (Wildman–Crippen MR) is 58.3 cm³/mol. The fourth-order valence-electron chi connectivity index (χ4n) is 1.71. The molecule has 0 spiro atoms. The monoisotopic (exact) mass is 220 g/mol. The SMILES string of the molecule is NC(=O)C1CC(=O)N(c2cccc(N)n2)C1. The maximum Gasteiger partial charge on any atom is 0.229 e. The Morgan fingerprint density at radius 1 is 1.50 bits per heavy atom. The molecule has 2 amide bonds. The molecule has 1 saturated heterocycles. The van der Waals surface area contributed by atoms with Crippen molar-refractivity contribution >= 4 is 23.5 Å². The van der Waals surface area contributed by atoms with Crippen molar-refractivity contribution in [3.8, 4) is 0 Å². The van der Waals surface area contributed by atoms with Gasteiger partial charge in [-0.15, -0.1) is 0 Å². The van der Waals surface area contributed by atoms with Gasteiger partial charge in [0, 0.05) is 13.0 Å². The second-order valence-corrected chi connectivity index (χ2v) is 3.73. The van der Waals surface area contributed by atoms with E-state index in [1.54, 1.807) is 18.2 Å². The number of nitrogen functional groups attached to an aromatic ring is 1. The molecular weight excluding hydrogens is 208 g/mol. The largest absolute Gasteiger partial charge is 0.384 e.